The molecule has 4 nitrogen and oxygen atoms in total. The van der Waals surface area contributed by atoms with E-state index in [4.69, 9.17) is 0 Å². The minimum absolute atomic E-state index is 0.0252. The molecule has 5 heteroatoms. The highest BCUT2D eigenvalue weighted by Crippen LogP contribution is 2.30. The number of aryl methyl sites for hydroxylation is 2. The lowest BCUT2D eigenvalue weighted by Crippen LogP contribution is -2.35. The molecule has 1 aliphatic carbocycles. The summed E-state index contributed by atoms with van der Waals surface area (Å²) in [5, 5.41) is 5.85. The van der Waals surface area contributed by atoms with Gasteiger partial charge >= 0.3 is 0 Å². The standard InChI is InChI=1S/C23H27FN2O2/c1-15-7-12-21(16(2)13-15)26-23(28)18-10-8-17(9-11-18)22(27)25-14-19-5-3-4-6-20(19)24/h3-7,12-13,17-18H,8-11,14H2,1-2H3,(H,25,27)(H,26,28). The molecule has 2 aromatic carbocycles. The van der Waals surface area contributed by atoms with E-state index in [1.165, 1.54) is 6.07 Å². The van der Waals surface area contributed by atoms with Crippen LogP contribution in [0.1, 0.15) is 42.4 Å². The van der Waals surface area contributed by atoms with E-state index in [2.05, 4.69) is 10.6 Å². The van der Waals surface area contributed by atoms with Gasteiger partial charge in [0.2, 0.25) is 11.8 Å². The van der Waals surface area contributed by atoms with Crippen molar-refractivity contribution in [2.45, 2.75) is 46.1 Å². The number of hydrogen-bond donors (Lipinski definition) is 2. The number of anilines is 1. The summed E-state index contributed by atoms with van der Waals surface area (Å²) in [7, 11) is 0. The van der Waals surface area contributed by atoms with Gasteiger partial charge in [0.05, 0.1) is 0 Å². The molecular weight excluding hydrogens is 355 g/mol. The summed E-state index contributed by atoms with van der Waals surface area (Å²) in [4.78, 5) is 25.0. The van der Waals surface area contributed by atoms with E-state index in [1.54, 1.807) is 18.2 Å². The lowest BCUT2D eigenvalue weighted by Gasteiger charge is -2.27. The minimum Gasteiger partial charge on any atom is -0.352 e. The molecule has 0 bridgehead atoms. The highest BCUT2D eigenvalue weighted by atomic mass is 19.1. The van der Waals surface area contributed by atoms with Gasteiger partial charge in [-0.3, -0.25) is 9.59 Å². The first-order chi connectivity index (χ1) is 13.4. The van der Waals surface area contributed by atoms with Gasteiger partial charge in [-0.25, -0.2) is 4.39 Å². The Bertz CT molecular complexity index is 857. The van der Waals surface area contributed by atoms with Crippen LogP contribution < -0.4 is 10.6 Å². The summed E-state index contributed by atoms with van der Waals surface area (Å²) < 4.78 is 13.7. The molecule has 2 N–H and O–H groups in total. The largest absolute Gasteiger partial charge is 0.352 e. The number of carbonyl (C=O) groups is 2. The maximum Gasteiger partial charge on any atom is 0.227 e. The van der Waals surface area contributed by atoms with Crippen molar-refractivity contribution in [1.29, 1.82) is 0 Å². The van der Waals surface area contributed by atoms with E-state index < -0.39 is 0 Å². The fourth-order valence-electron chi connectivity index (χ4n) is 3.77. The van der Waals surface area contributed by atoms with Crippen molar-refractivity contribution in [1.82, 2.24) is 5.32 Å². The molecule has 2 aromatic rings. The Kier molecular flexibility index (Phi) is 6.45. The number of rotatable bonds is 5. The molecule has 0 heterocycles. The van der Waals surface area contributed by atoms with Gasteiger partial charge < -0.3 is 10.6 Å². The smallest absolute Gasteiger partial charge is 0.227 e. The third-order valence-corrected chi connectivity index (χ3v) is 5.52. The second kappa shape index (κ2) is 9.00. The van der Waals surface area contributed by atoms with Gasteiger partial charge in [0.25, 0.3) is 0 Å². The fraction of sp³-hybridized carbons (Fsp3) is 0.391. The minimum atomic E-state index is -0.311. The van der Waals surface area contributed by atoms with Crippen LogP contribution in [-0.2, 0) is 16.1 Å². The summed E-state index contributed by atoms with van der Waals surface area (Å²) in [6.45, 7) is 4.20. The predicted molar refractivity (Wildman–Crippen MR) is 108 cm³/mol. The second-order valence-corrected chi connectivity index (χ2v) is 7.67. The molecule has 0 aliphatic heterocycles. The summed E-state index contributed by atoms with van der Waals surface area (Å²) >= 11 is 0. The Morgan fingerprint density at radius 1 is 0.964 bits per heavy atom. The van der Waals surface area contributed by atoms with Crippen LogP contribution in [0.5, 0.6) is 0 Å². The monoisotopic (exact) mass is 382 g/mol. The Hall–Kier alpha value is -2.69. The van der Waals surface area contributed by atoms with E-state index in [0.29, 0.717) is 31.2 Å². The van der Waals surface area contributed by atoms with Crippen molar-refractivity contribution < 1.29 is 14.0 Å². The second-order valence-electron chi connectivity index (χ2n) is 7.67. The van der Waals surface area contributed by atoms with Crippen LogP contribution in [0, 0.1) is 31.5 Å². The summed E-state index contributed by atoms with van der Waals surface area (Å²) in [5.41, 5.74) is 3.55. The molecule has 1 fully saturated rings. The zero-order chi connectivity index (χ0) is 20.1. The number of amides is 2. The maximum absolute atomic E-state index is 13.7. The summed E-state index contributed by atoms with van der Waals surface area (Å²) in [6.07, 6.45) is 2.73. The third kappa shape index (κ3) is 4.97. The van der Waals surface area contributed by atoms with Crippen molar-refractivity contribution in [3.63, 3.8) is 0 Å². The third-order valence-electron chi connectivity index (χ3n) is 5.52. The molecule has 1 saturated carbocycles. The molecule has 0 spiro atoms. The van der Waals surface area contributed by atoms with Gasteiger partial charge in [0, 0.05) is 29.6 Å². The first-order valence-corrected chi connectivity index (χ1v) is 9.83. The van der Waals surface area contributed by atoms with Gasteiger partial charge in [-0.2, -0.15) is 0 Å². The number of nitrogens with one attached hydrogen (secondary N) is 2. The fourth-order valence-corrected chi connectivity index (χ4v) is 3.77. The quantitative estimate of drug-likeness (QED) is 0.800. The number of halogens is 1. The zero-order valence-electron chi connectivity index (χ0n) is 16.4. The Labute approximate surface area is 165 Å². The molecule has 0 aromatic heterocycles. The van der Waals surface area contributed by atoms with Crippen LogP contribution in [0.25, 0.3) is 0 Å². The SMILES string of the molecule is Cc1ccc(NC(=O)C2CCC(C(=O)NCc3ccccc3F)CC2)c(C)c1. The summed E-state index contributed by atoms with van der Waals surface area (Å²) in [5.74, 6) is -0.531. The Morgan fingerprint density at radius 2 is 1.61 bits per heavy atom. The van der Waals surface area contributed by atoms with Crippen LogP contribution in [0.2, 0.25) is 0 Å². The van der Waals surface area contributed by atoms with Crippen LogP contribution in [-0.4, -0.2) is 11.8 Å². The first kappa shape index (κ1) is 20.1. The average Bonchev–Trinajstić information content (AvgIpc) is 2.69. The molecule has 0 unspecified atom stereocenters. The van der Waals surface area contributed by atoms with Gasteiger partial charge in [0.15, 0.2) is 0 Å². The van der Waals surface area contributed by atoms with Crippen molar-refractivity contribution >= 4 is 17.5 Å². The highest BCUT2D eigenvalue weighted by molar-refractivity contribution is 5.93. The van der Waals surface area contributed by atoms with Gasteiger partial charge in [-0.15, -0.1) is 0 Å². The van der Waals surface area contributed by atoms with Crippen molar-refractivity contribution in [2.75, 3.05) is 5.32 Å². The molecule has 0 saturated heterocycles. The van der Waals surface area contributed by atoms with E-state index in [0.717, 1.165) is 16.8 Å². The molecule has 148 valence electrons. The van der Waals surface area contributed by atoms with E-state index in [9.17, 15) is 14.0 Å². The van der Waals surface area contributed by atoms with Crippen molar-refractivity contribution in [3.05, 3.63) is 65.0 Å². The highest BCUT2D eigenvalue weighted by Gasteiger charge is 2.30. The lowest BCUT2D eigenvalue weighted by molar-refractivity contribution is -0.128. The number of benzene rings is 2. The van der Waals surface area contributed by atoms with Crippen molar-refractivity contribution in [3.8, 4) is 0 Å². The normalized spacial score (nSPS) is 19.1. The molecular formula is C23H27FN2O2. The predicted octanol–water partition coefficient (Wildman–Crippen LogP) is 4.50. The topological polar surface area (TPSA) is 58.2 Å². The van der Waals surface area contributed by atoms with Crippen LogP contribution in [0.3, 0.4) is 0 Å². The Morgan fingerprint density at radius 3 is 2.25 bits per heavy atom. The lowest BCUT2D eigenvalue weighted by atomic mass is 9.81. The summed E-state index contributed by atoms with van der Waals surface area (Å²) in [6, 6.07) is 12.4. The van der Waals surface area contributed by atoms with E-state index in [1.807, 2.05) is 32.0 Å². The Balaban J connectivity index is 1.47. The van der Waals surface area contributed by atoms with Gasteiger partial charge in [-0.1, -0.05) is 35.9 Å². The average molecular weight is 382 g/mol. The number of hydrogen-bond acceptors (Lipinski definition) is 2. The molecule has 3 rings (SSSR count). The molecule has 0 radical (unpaired) electrons. The maximum atomic E-state index is 13.7. The van der Waals surface area contributed by atoms with Crippen LogP contribution in [0.4, 0.5) is 10.1 Å². The molecule has 28 heavy (non-hydrogen) atoms. The van der Waals surface area contributed by atoms with Crippen LogP contribution >= 0.6 is 0 Å². The molecule has 2 amide bonds. The number of carbonyl (C=O) groups excluding carboxylic acids is 2. The van der Waals surface area contributed by atoms with E-state index in [-0.39, 0.29) is 36.0 Å². The van der Waals surface area contributed by atoms with E-state index >= 15 is 0 Å². The van der Waals surface area contributed by atoms with Gasteiger partial charge in [-0.05, 0) is 57.2 Å². The first-order valence-electron chi connectivity index (χ1n) is 9.83. The van der Waals surface area contributed by atoms with Crippen LogP contribution in [0.15, 0.2) is 42.5 Å². The molecule has 1 aliphatic rings. The van der Waals surface area contributed by atoms with Gasteiger partial charge in [0.1, 0.15) is 5.82 Å². The zero-order valence-corrected chi connectivity index (χ0v) is 16.4. The molecule has 0 atom stereocenters. The van der Waals surface area contributed by atoms with Crippen molar-refractivity contribution in [2.24, 2.45) is 11.8 Å².